The van der Waals surface area contributed by atoms with E-state index >= 15 is 0 Å². The van der Waals surface area contributed by atoms with Gasteiger partial charge in [-0.25, -0.2) is 9.67 Å². The number of carbonyl (C=O) groups is 2. The largest absolute Gasteiger partial charge is 0.461 e. The first-order valence-corrected chi connectivity index (χ1v) is 13.7. The van der Waals surface area contributed by atoms with Crippen molar-refractivity contribution in [2.75, 3.05) is 5.73 Å². The number of hydrogen-bond acceptors (Lipinski definition) is 8. The number of hydrogen-bond donors (Lipinski definition) is 3. The first-order valence-electron chi connectivity index (χ1n) is 13.0. The lowest BCUT2D eigenvalue weighted by molar-refractivity contribution is -0.145. The number of rotatable bonds is 11. The van der Waals surface area contributed by atoms with E-state index < -0.39 is 12.0 Å². The maximum atomic E-state index is 13.2. The van der Waals surface area contributed by atoms with Crippen molar-refractivity contribution < 1.29 is 14.3 Å². The molecular weight excluding hydrogens is 579 g/mol. The number of nitrogens with zero attached hydrogens (tertiary/aromatic N) is 5. The number of esters is 1. The average Bonchev–Trinajstić information content (AvgIpc) is 3.66. The number of benzene rings is 3. The summed E-state index contributed by atoms with van der Waals surface area (Å²) in [4.78, 5) is 33.7. The van der Waals surface area contributed by atoms with Gasteiger partial charge in [0, 0.05) is 22.7 Å². The fourth-order valence-corrected chi connectivity index (χ4v) is 4.75. The van der Waals surface area contributed by atoms with E-state index in [0.29, 0.717) is 34.3 Å². The number of anilines is 1. The zero-order valence-electron chi connectivity index (χ0n) is 22.2. The van der Waals surface area contributed by atoms with Gasteiger partial charge < -0.3 is 20.8 Å². The van der Waals surface area contributed by atoms with Gasteiger partial charge in [0.25, 0.3) is 0 Å². The minimum Gasteiger partial charge on any atom is -0.461 e. The first kappa shape index (κ1) is 28.8. The van der Waals surface area contributed by atoms with Crippen LogP contribution in [0.1, 0.15) is 35.8 Å². The molecule has 0 saturated carbocycles. The number of halogens is 2. The number of nitrogens with two attached hydrogens (primary N) is 1. The third-order valence-electron chi connectivity index (χ3n) is 6.40. The molecule has 3 aromatic carbocycles. The fourth-order valence-electron chi connectivity index (χ4n) is 4.31. The molecule has 0 aliphatic heterocycles. The molecule has 0 saturated heterocycles. The van der Waals surface area contributed by atoms with Gasteiger partial charge in [-0.2, -0.15) is 0 Å². The van der Waals surface area contributed by atoms with Crippen molar-refractivity contribution in [3.63, 3.8) is 0 Å². The van der Waals surface area contributed by atoms with Crippen LogP contribution in [-0.2, 0) is 27.4 Å². The Hall–Kier alpha value is -4.74. The van der Waals surface area contributed by atoms with E-state index in [1.165, 1.54) is 11.0 Å². The Bertz CT molecular complexity index is 1660. The summed E-state index contributed by atoms with van der Waals surface area (Å²) in [5.41, 5.74) is 9.92. The van der Waals surface area contributed by atoms with Crippen LogP contribution in [0.4, 0.5) is 5.69 Å². The lowest BCUT2D eigenvalue weighted by Gasteiger charge is -2.17. The van der Waals surface area contributed by atoms with E-state index in [9.17, 15) is 9.59 Å². The predicted octanol–water partition coefficient (Wildman–Crippen LogP) is 4.87. The standard InChI is InChI=1S/C29H26Cl2N8O3/c30-21-9-12-24(39-17-33-37-38-39)20(14-21)8-13-25(40)34-23(15-26(41)42-16-18-4-2-1-3-5-18)29-35-27(28(31)36-29)19-6-10-22(32)11-7-19/h1-7,9-12,14,17,23H,8,13,15-16,32H2,(H,34,40)(H,35,36)/t23-/m0/s1. The van der Waals surface area contributed by atoms with E-state index in [0.717, 1.165) is 16.7 Å². The number of aryl methyl sites for hydroxylation is 1. The number of amides is 1. The third kappa shape index (κ3) is 7.31. The summed E-state index contributed by atoms with van der Waals surface area (Å²) in [7, 11) is 0. The summed E-state index contributed by atoms with van der Waals surface area (Å²) in [6, 6.07) is 20.8. The number of nitrogens with one attached hydrogen (secondary N) is 2. The molecular formula is C29H26Cl2N8O3. The Labute approximate surface area is 251 Å². The zero-order chi connectivity index (χ0) is 29.5. The molecule has 0 unspecified atom stereocenters. The average molecular weight is 605 g/mol. The molecule has 0 aliphatic carbocycles. The Balaban J connectivity index is 1.33. The number of H-pyrrole nitrogens is 1. The highest BCUT2D eigenvalue weighted by Gasteiger charge is 2.25. The Morgan fingerprint density at radius 3 is 2.57 bits per heavy atom. The van der Waals surface area contributed by atoms with Gasteiger partial charge in [0.05, 0.1) is 18.2 Å². The van der Waals surface area contributed by atoms with Gasteiger partial charge in [-0.15, -0.1) is 5.10 Å². The van der Waals surface area contributed by atoms with Crippen LogP contribution in [0, 0.1) is 0 Å². The van der Waals surface area contributed by atoms with Crippen molar-refractivity contribution in [1.82, 2.24) is 35.5 Å². The number of ether oxygens (including phenoxy) is 1. The molecule has 2 aromatic heterocycles. The van der Waals surface area contributed by atoms with E-state index in [-0.39, 0.29) is 30.5 Å². The smallest absolute Gasteiger partial charge is 0.308 e. The van der Waals surface area contributed by atoms with E-state index in [4.69, 9.17) is 33.7 Å². The predicted molar refractivity (Wildman–Crippen MR) is 158 cm³/mol. The number of aromatic nitrogens is 6. The molecule has 0 spiro atoms. The fraction of sp³-hybridized carbons (Fsp3) is 0.172. The minimum atomic E-state index is -0.834. The first-order chi connectivity index (χ1) is 20.4. The Morgan fingerprint density at radius 1 is 1.05 bits per heavy atom. The van der Waals surface area contributed by atoms with Crippen LogP contribution in [0.3, 0.4) is 0 Å². The van der Waals surface area contributed by atoms with Gasteiger partial charge >= 0.3 is 5.97 Å². The van der Waals surface area contributed by atoms with Crippen LogP contribution in [0.25, 0.3) is 16.9 Å². The summed E-state index contributed by atoms with van der Waals surface area (Å²) >= 11 is 12.7. The minimum absolute atomic E-state index is 0.0876. The SMILES string of the molecule is Nc1ccc(-c2nc([C@H](CC(=O)OCc3ccccc3)NC(=O)CCc3cc(Cl)ccc3-n3cnnn3)[nH]c2Cl)cc1. The van der Waals surface area contributed by atoms with Crippen molar-refractivity contribution in [2.45, 2.75) is 31.9 Å². The molecule has 5 rings (SSSR count). The van der Waals surface area contributed by atoms with Crippen LogP contribution in [0.15, 0.2) is 79.1 Å². The van der Waals surface area contributed by atoms with Crippen molar-refractivity contribution in [1.29, 1.82) is 0 Å². The van der Waals surface area contributed by atoms with Gasteiger partial charge in [0.15, 0.2) is 0 Å². The highest BCUT2D eigenvalue weighted by Crippen LogP contribution is 2.29. The van der Waals surface area contributed by atoms with Crippen LogP contribution < -0.4 is 11.1 Å². The number of tetrazole rings is 1. The van der Waals surface area contributed by atoms with E-state index in [1.54, 1.807) is 42.5 Å². The third-order valence-corrected chi connectivity index (χ3v) is 6.91. The number of carbonyl (C=O) groups excluding carboxylic acids is 2. The van der Waals surface area contributed by atoms with Crippen LogP contribution in [0.5, 0.6) is 0 Å². The van der Waals surface area contributed by atoms with Crippen LogP contribution in [0.2, 0.25) is 10.2 Å². The van der Waals surface area contributed by atoms with E-state index in [1.807, 2.05) is 30.3 Å². The molecule has 214 valence electrons. The molecule has 42 heavy (non-hydrogen) atoms. The van der Waals surface area contributed by atoms with Crippen molar-refractivity contribution >= 4 is 40.8 Å². The van der Waals surface area contributed by atoms with Gasteiger partial charge in [0.1, 0.15) is 29.6 Å². The highest BCUT2D eigenvalue weighted by atomic mass is 35.5. The molecule has 0 bridgehead atoms. The number of aromatic amines is 1. The number of nitrogen functional groups attached to an aromatic ring is 1. The van der Waals surface area contributed by atoms with Crippen LogP contribution in [-0.4, -0.2) is 42.1 Å². The van der Waals surface area contributed by atoms with Crippen LogP contribution >= 0.6 is 23.2 Å². The normalized spacial score (nSPS) is 11.7. The summed E-state index contributed by atoms with van der Waals surface area (Å²) in [6.07, 6.45) is 1.71. The Morgan fingerprint density at radius 2 is 1.83 bits per heavy atom. The molecule has 1 amide bonds. The van der Waals surface area contributed by atoms with Gasteiger partial charge in [-0.3, -0.25) is 9.59 Å². The number of imidazole rings is 1. The molecule has 4 N–H and O–H groups in total. The molecule has 0 aliphatic rings. The maximum absolute atomic E-state index is 13.2. The molecule has 0 fully saturated rings. The molecule has 0 radical (unpaired) electrons. The van der Waals surface area contributed by atoms with Gasteiger partial charge in [-0.1, -0.05) is 65.7 Å². The molecule has 1 atom stereocenters. The van der Waals surface area contributed by atoms with Gasteiger partial charge in [0.2, 0.25) is 5.91 Å². The molecule has 11 nitrogen and oxygen atoms in total. The van der Waals surface area contributed by atoms with Gasteiger partial charge in [-0.05, 0) is 58.3 Å². The summed E-state index contributed by atoms with van der Waals surface area (Å²) in [6.45, 7) is 0.102. The topological polar surface area (TPSA) is 154 Å². The maximum Gasteiger partial charge on any atom is 0.308 e. The van der Waals surface area contributed by atoms with Crippen molar-refractivity contribution in [2.24, 2.45) is 0 Å². The second-order valence-electron chi connectivity index (χ2n) is 9.40. The molecule has 2 heterocycles. The highest BCUT2D eigenvalue weighted by molar-refractivity contribution is 6.32. The second-order valence-corrected chi connectivity index (χ2v) is 10.2. The quantitative estimate of drug-likeness (QED) is 0.142. The Kier molecular flexibility index (Phi) is 9.10. The summed E-state index contributed by atoms with van der Waals surface area (Å²) in [5.74, 6) is -0.518. The summed E-state index contributed by atoms with van der Waals surface area (Å²) < 4.78 is 6.98. The lowest BCUT2D eigenvalue weighted by atomic mass is 10.1. The second kappa shape index (κ2) is 13.3. The summed E-state index contributed by atoms with van der Waals surface area (Å²) in [5, 5.41) is 15.0. The monoisotopic (exact) mass is 604 g/mol. The van der Waals surface area contributed by atoms with Crippen molar-refractivity contribution in [3.8, 4) is 16.9 Å². The van der Waals surface area contributed by atoms with Crippen molar-refractivity contribution in [3.05, 3.63) is 106 Å². The van der Waals surface area contributed by atoms with E-state index in [2.05, 4.69) is 30.8 Å². The zero-order valence-corrected chi connectivity index (χ0v) is 23.7. The molecule has 5 aromatic rings. The molecule has 13 heteroatoms. The lowest BCUT2D eigenvalue weighted by Crippen LogP contribution is -2.31.